The van der Waals surface area contributed by atoms with Gasteiger partial charge >= 0.3 is 5.97 Å². The van der Waals surface area contributed by atoms with Crippen molar-refractivity contribution < 1.29 is 14.3 Å². The second kappa shape index (κ2) is 9.16. The SMILES string of the molecule is CCOC(=O)C(CC)(CC)c1cccc(OC(C)c2ccc3[nH]c(=O)ccc3c2)c1. The van der Waals surface area contributed by atoms with Gasteiger partial charge < -0.3 is 14.5 Å². The Kier molecular flexibility index (Phi) is 6.60. The van der Waals surface area contributed by atoms with E-state index in [1.165, 1.54) is 6.07 Å². The number of ether oxygens (including phenoxy) is 2. The van der Waals surface area contributed by atoms with Crippen molar-refractivity contribution >= 4 is 16.9 Å². The third-order valence-corrected chi connectivity index (χ3v) is 5.79. The topological polar surface area (TPSA) is 68.4 Å². The van der Waals surface area contributed by atoms with Crippen LogP contribution in [0.5, 0.6) is 5.75 Å². The van der Waals surface area contributed by atoms with Gasteiger partial charge in [-0.05, 0) is 73.5 Å². The summed E-state index contributed by atoms with van der Waals surface area (Å²) >= 11 is 0. The molecule has 2 aromatic carbocycles. The molecular formula is C25H29NO4. The monoisotopic (exact) mass is 407 g/mol. The molecule has 0 bridgehead atoms. The van der Waals surface area contributed by atoms with E-state index in [1.807, 2.05) is 70.2 Å². The van der Waals surface area contributed by atoms with Crippen LogP contribution < -0.4 is 10.3 Å². The van der Waals surface area contributed by atoms with E-state index in [4.69, 9.17) is 9.47 Å². The van der Waals surface area contributed by atoms with E-state index in [2.05, 4.69) is 4.98 Å². The van der Waals surface area contributed by atoms with E-state index in [9.17, 15) is 9.59 Å². The summed E-state index contributed by atoms with van der Waals surface area (Å²) in [6, 6.07) is 16.9. The Morgan fingerprint density at radius 3 is 2.50 bits per heavy atom. The van der Waals surface area contributed by atoms with E-state index in [0.29, 0.717) is 25.2 Å². The van der Waals surface area contributed by atoms with Crippen LogP contribution in [0, 0.1) is 0 Å². The summed E-state index contributed by atoms with van der Waals surface area (Å²) in [5, 5.41) is 0.953. The predicted octanol–water partition coefficient (Wildman–Crippen LogP) is 5.29. The molecule has 1 unspecified atom stereocenters. The molecule has 158 valence electrons. The lowest BCUT2D eigenvalue weighted by atomic mass is 9.76. The van der Waals surface area contributed by atoms with Crippen LogP contribution in [0.3, 0.4) is 0 Å². The molecule has 5 nitrogen and oxygen atoms in total. The van der Waals surface area contributed by atoms with Crippen molar-refractivity contribution in [3.63, 3.8) is 0 Å². The molecule has 5 heteroatoms. The average molecular weight is 408 g/mol. The lowest BCUT2D eigenvalue weighted by molar-refractivity contribution is -0.150. The highest BCUT2D eigenvalue weighted by Gasteiger charge is 2.38. The van der Waals surface area contributed by atoms with Crippen molar-refractivity contribution in [2.24, 2.45) is 0 Å². The molecule has 3 aromatic rings. The fraction of sp³-hybridized carbons (Fsp3) is 0.360. The largest absolute Gasteiger partial charge is 0.486 e. The van der Waals surface area contributed by atoms with Gasteiger partial charge in [-0.15, -0.1) is 0 Å². The first kappa shape index (κ1) is 21.6. The van der Waals surface area contributed by atoms with Crippen LogP contribution >= 0.6 is 0 Å². The second-order valence-corrected chi connectivity index (χ2v) is 7.47. The first-order valence-electron chi connectivity index (χ1n) is 10.5. The molecule has 3 rings (SSSR count). The number of aromatic amines is 1. The van der Waals surface area contributed by atoms with Gasteiger partial charge in [0.25, 0.3) is 0 Å². The number of hydrogen-bond donors (Lipinski definition) is 1. The zero-order chi connectivity index (χ0) is 21.7. The fourth-order valence-corrected chi connectivity index (χ4v) is 3.90. The molecule has 0 aliphatic heterocycles. The lowest BCUT2D eigenvalue weighted by Gasteiger charge is -2.30. The quantitative estimate of drug-likeness (QED) is 0.515. The number of carbonyl (C=O) groups excluding carboxylic acids is 1. The van der Waals surface area contributed by atoms with Gasteiger partial charge in [0.15, 0.2) is 0 Å². The third-order valence-electron chi connectivity index (χ3n) is 5.79. The molecule has 1 aromatic heterocycles. The van der Waals surface area contributed by atoms with Crippen molar-refractivity contribution in [3.8, 4) is 5.75 Å². The minimum atomic E-state index is -0.673. The number of carbonyl (C=O) groups is 1. The molecule has 0 fully saturated rings. The molecule has 0 saturated heterocycles. The normalized spacial score (nSPS) is 12.5. The smallest absolute Gasteiger partial charge is 0.316 e. The molecule has 1 heterocycles. The Bertz CT molecular complexity index is 1080. The van der Waals surface area contributed by atoms with Crippen LogP contribution in [0.4, 0.5) is 0 Å². The Labute approximate surface area is 177 Å². The number of hydrogen-bond acceptors (Lipinski definition) is 4. The number of esters is 1. The number of rotatable bonds is 8. The maximum Gasteiger partial charge on any atom is 0.316 e. The molecular weight excluding hydrogens is 378 g/mol. The van der Waals surface area contributed by atoms with Gasteiger partial charge in [0.2, 0.25) is 5.56 Å². The minimum absolute atomic E-state index is 0.117. The molecule has 0 amide bonds. The lowest BCUT2D eigenvalue weighted by Crippen LogP contribution is -2.36. The first-order valence-corrected chi connectivity index (χ1v) is 10.5. The highest BCUT2D eigenvalue weighted by atomic mass is 16.5. The number of benzene rings is 2. The van der Waals surface area contributed by atoms with Crippen LogP contribution in [0.1, 0.15) is 57.8 Å². The maximum atomic E-state index is 12.7. The summed E-state index contributed by atoms with van der Waals surface area (Å²) in [5.41, 5.74) is 1.92. The van der Waals surface area contributed by atoms with Crippen molar-refractivity contribution in [3.05, 3.63) is 76.1 Å². The van der Waals surface area contributed by atoms with Crippen molar-refractivity contribution in [2.45, 2.75) is 52.1 Å². The highest BCUT2D eigenvalue weighted by molar-refractivity contribution is 5.83. The standard InChI is InChI=1S/C25H29NO4/c1-5-25(6-2,24(28)29-7-3)20-9-8-10-21(16-20)30-17(4)18-11-13-22-19(15-18)12-14-23(27)26-22/h8-17H,5-7H2,1-4H3,(H,26,27). The van der Waals surface area contributed by atoms with Crippen LogP contribution in [-0.4, -0.2) is 17.6 Å². The summed E-state index contributed by atoms with van der Waals surface area (Å²) in [6.07, 6.45) is 1.12. The zero-order valence-corrected chi connectivity index (χ0v) is 18.0. The van der Waals surface area contributed by atoms with Gasteiger partial charge in [-0.2, -0.15) is 0 Å². The van der Waals surface area contributed by atoms with E-state index >= 15 is 0 Å². The van der Waals surface area contributed by atoms with Gasteiger partial charge in [-0.1, -0.05) is 32.0 Å². The van der Waals surface area contributed by atoms with Crippen LogP contribution in [0.25, 0.3) is 10.9 Å². The van der Waals surface area contributed by atoms with Gasteiger partial charge in [0.1, 0.15) is 11.9 Å². The van der Waals surface area contributed by atoms with E-state index in [0.717, 1.165) is 22.0 Å². The van der Waals surface area contributed by atoms with Crippen molar-refractivity contribution in [2.75, 3.05) is 6.61 Å². The summed E-state index contributed by atoms with van der Waals surface area (Å²) in [6.45, 7) is 8.19. The third kappa shape index (κ3) is 4.25. The van der Waals surface area contributed by atoms with Gasteiger partial charge in [-0.3, -0.25) is 9.59 Å². The van der Waals surface area contributed by atoms with E-state index in [1.54, 1.807) is 6.07 Å². The molecule has 1 atom stereocenters. The molecule has 0 aliphatic rings. The number of H-pyrrole nitrogens is 1. The number of fused-ring (bicyclic) bond motifs is 1. The molecule has 1 N–H and O–H groups in total. The molecule has 0 radical (unpaired) electrons. The first-order chi connectivity index (χ1) is 14.4. The molecule has 30 heavy (non-hydrogen) atoms. The Morgan fingerprint density at radius 1 is 1.03 bits per heavy atom. The van der Waals surface area contributed by atoms with E-state index in [-0.39, 0.29) is 17.6 Å². The van der Waals surface area contributed by atoms with E-state index < -0.39 is 5.41 Å². The molecule has 0 aliphatic carbocycles. The Hall–Kier alpha value is -3.08. The number of aromatic nitrogens is 1. The van der Waals surface area contributed by atoms with Gasteiger partial charge in [0, 0.05) is 11.6 Å². The van der Waals surface area contributed by atoms with Crippen LogP contribution in [0.15, 0.2) is 59.4 Å². The summed E-state index contributed by atoms with van der Waals surface area (Å²) in [4.78, 5) is 27.0. The predicted molar refractivity (Wildman–Crippen MR) is 119 cm³/mol. The summed E-state index contributed by atoms with van der Waals surface area (Å²) < 4.78 is 11.6. The summed E-state index contributed by atoms with van der Waals surface area (Å²) in [7, 11) is 0. The zero-order valence-electron chi connectivity index (χ0n) is 18.0. The highest BCUT2D eigenvalue weighted by Crippen LogP contribution is 2.36. The van der Waals surface area contributed by atoms with Gasteiger partial charge in [0.05, 0.1) is 12.0 Å². The average Bonchev–Trinajstić information content (AvgIpc) is 2.75. The summed E-state index contributed by atoms with van der Waals surface area (Å²) in [5.74, 6) is 0.515. The van der Waals surface area contributed by atoms with Crippen LogP contribution in [0.2, 0.25) is 0 Å². The molecule has 0 saturated carbocycles. The van der Waals surface area contributed by atoms with Crippen molar-refractivity contribution in [1.29, 1.82) is 0 Å². The number of nitrogens with one attached hydrogen (secondary N) is 1. The van der Waals surface area contributed by atoms with Crippen molar-refractivity contribution in [1.82, 2.24) is 4.98 Å². The Balaban J connectivity index is 1.88. The van der Waals surface area contributed by atoms with Crippen LogP contribution in [-0.2, 0) is 14.9 Å². The number of pyridine rings is 1. The maximum absolute atomic E-state index is 12.7. The minimum Gasteiger partial charge on any atom is -0.486 e. The fourth-order valence-electron chi connectivity index (χ4n) is 3.90. The second-order valence-electron chi connectivity index (χ2n) is 7.47. The molecule has 0 spiro atoms. The Morgan fingerprint density at radius 2 is 1.80 bits per heavy atom. The van der Waals surface area contributed by atoms with Gasteiger partial charge in [-0.25, -0.2) is 0 Å².